The fraction of sp³-hybridized carbons (Fsp3) is 0.111. The average Bonchev–Trinajstić information content (AvgIpc) is 2.89. The molecule has 4 nitrogen and oxygen atoms in total. The number of nitrogens with zero attached hydrogens (tertiary/aromatic N) is 1. The molecule has 2 aromatic rings. The Kier molecular flexibility index (Phi) is 4.48. The first-order valence-electron chi connectivity index (χ1n) is 7.14. The second-order valence-electron chi connectivity index (χ2n) is 5.09. The summed E-state index contributed by atoms with van der Waals surface area (Å²) in [6.45, 7) is 2.03. The Balaban J connectivity index is 1.81. The second kappa shape index (κ2) is 6.71. The van der Waals surface area contributed by atoms with Crippen LogP contribution < -0.4 is 10.1 Å². The molecular formula is C18H16N2O2S. The number of hydrogen-bond donors (Lipinski definition) is 1. The summed E-state index contributed by atoms with van der Waals surface area (Å²) >= 11 is 1.34. The maximum atomic E-state index is 12.1. The number of thioether (sulfide) groups is 1. The van der Waals surface area contributed by atoms with Crippen molar-refractivity contribution >= 4 is 34.6 Å². The Labute approximate surface area is 139 Å². The van der Waals surface area contributed by atoms with E-state index < -0.39 is 0 Å². The van der Waals surface area contributed by atoms with Crippen LogP contribution in [0.25, 0.3) is 6.08 Å². The highest BCUT2D eigenvalue weighted by atomic mass is 32.2. The fourth-order valence-corrected chi connectivity index (χ4v) is 2.94. The van der Waals surface area contributed by atoms with E-state index in [2.05, 4.69) is 10.3 Å². The lowest BCUT2D eigenvalue weighted by atomic mass is 10.2. The summed E-state index contributed by atoms with van der Waals surface area (Å²) in [7, 11) is 1.62. The number of aryl methyl sites for hydroxylation is 1. The van der Waals surface area contributed by atoms with Gasteiger partial charge in [0.25, 0.3) is 5.91 Å². The number of hydrogen-bond acceptors (Lipinski definition) is 4. The zero-order chi connectivity index (χ0) is 16.2. The van der Waals surface area contributed by atoms with Gasteiger partial charge in [-0.3, -0.25) is 4.79 Å². The van der Waals surface area contributed by atoms with Crippen LogP contribution in [0.4, 0.5) is 5.69 Å². The highest BCUT2D eigenvalue weighted by Gasteiger charge is 2.23. The molecule has 1 amide bonds. The summed E-state index contributed by atoms with van der Waals surface area (Å²) in [4.78, 5) is 17.1. The number of methoxy groups -OCH3 is 1. The van der Waals surface area contributed by atoms with E-state index in [-0.39, 0.29) is 5.91 Å². The fourth-order valence-electron chi connectivity index (χ4n) is 2.10. The molecule has 3 rings (SSSR count). The smallest absolute Gasteiger partial charge is 0.264 e. The maximum Gasteiger partial charge on any atom is 0.264 e. The van der Waals surface area contributed by atoms with Crippen LogP contribution in [0, 0.1) is 6.92 Å². The number of carbonyl (C=O) groups excluding carboxylic acids is 1. The van der Waals surface area contributed by atoms with Gasteiger partial charge in [-0.2, -0.15) is 0 Å². The van der Waals surface area contributed by atoms with E-state index in [0.29, 0.717) is 10.1 Å². The van der Waals surface area contributed by atoms with Gasteiger partial charge in [0.1, 0.15) is 5.75 Å². The average molecular weight is 324 g/mol. The number of amides is 1. The number of rotatable bonds is 3. The van der Waals surface area contributed by atoms with Crippen LogP contribution in [0.3, 0.4) is 0 Å². The lowest BCUT2D eigenvalue weighted by Crippen LogP contribution is -2.19. The predicted molar refractivity (Wildman–Crippen MR) is 95.0 cm³/mol. The highest BCUT2D eigenvalue weighted by Crippen LogP contribution is 2.28. The minimum Gasteiger partial charge on any atom is -0.497 e. The summed E-state index contributed by atoms with van der Waals surface area (Å²) in [6, 6.07) is 15.4. The van der Waals surface area contributed by atoms with Crippen molar-refractivity contribution < 1.29 is 9.53 Å². The normalized spacial score (nSPS) is 17.6. The summed E-state index contributed by atoms with van der Waals surface area (Å²) in [5.74, 6) is 0.625. The van der Waals surface area contributed by atoms with Gasteiger partial charge < -0.3 is 10.1 Å². The minimum absolute atomic E-state index is 0.135. The third-order valence-corrected chi connectivity index (χ3v) is 4.22. The lowest BCUT2D eigenvalue weighted by Gasteiger charge is -2.00. The molecule has 1 saturated heterocycles. The highest BCUT2D eigenvalue weighted by molar-refractivity contribution is 8.18. The molecule has 116 valence electrons. The molecule has 0 spiro atoms. The Hall–Kier alpha value is -2.53. The van der Waals surface area contributed by atoms with Crippen molar-refractivity contribution in [2.45, 2.75) is 6.92 Å². The van der Waals surface area contributed by atoms with E-state index in [0.717, 1.165) is 17.0 Å². The number of nitrogens with one attached hydrogen (secondary N) is 1. The topological polar surface area (TPSA) is 50.7 Å². The largest absolute Gasteiger partial charge is 0.497 e. The molecule has 0 bridgehead atoms. The first-order valence-corrected chi connectivity index (χ1v) is 7.96. The van der Waals surface area contributed by atoms with E-state index in [1.807, 2.05) is 61.5 Å². The van der Waals surface area contributed by atoms with Gasteiger partial charge in [0, 0.05) is 0 Å². The minimum atomic E-state index is -0.135. The standard InChI is InChI=1S/C18H16N2O2S/c1-12-6-8-14(9-7-12)19-18-20-17(21)16(23-18)11-13-4-3-5-15(10-13)22-2/h3-11H,1-2H3,(H,19,20,21)/b16-11-. The first-order chi connectivity index (χ1) is 11.1. The number of benzene rings is 2. The summed E-state index contributed by atoms with van der Waals surface area (Å²) in [5, 5.41) is 3.38. The van der Waals surface area contributed by atoms with Crippen LogP contribution in [0.2, 0.25) is 0 Å². The molecule has 0 atom stereocenters. The van der Waals surface area contributed by atoms with Gasteiger partial charge in [0.15, 0.2) is 5.17 Å². The molecule has 23 heavy (non-hydrogen) atoms. The van der Waals surface area contributed by atoms with Crippen LogP contribution >= 0.6 is 11.8 Å². The second-order valence-corrected chi connectivity index (χ2v) is 6.12. The van der Waals surface area contributed by atoms with Crippen molar-refractivity contribution in [3.63, 3.8) is 0 Å². The molecule has 0 aliphatic carbocycles. The van der Waals surface area contributed by atoms with Crippen molar-refractivity contribution in [2.75, 3.05) is 7.11 Å². The predicted octanol–water partition coefficient (Wildman–Crippen LogP) is 3.90. The molecular weight excluding hydrogens is 308 g/mol. The Morgan fingerprint density at radius 2 is 1.96 bits per heavy atom. The Bertz CT molecular complexity index is 795. The van der Waals surface area contributed by atoms with E-state index in [4.69, 9.17) is 4.74 Å². The molecule has 1 aliphatic rings. The van der Waals surface area contributed by atoms with Gasteiger partial charge in [0.2, 0.25) is 0 Å². The van der Waals surface area contributed by atoms with E-state index >= 15 is 0 Å². The lowest BCUT2D eigenvalue weighted by molar-refractivity contribution is -0.115. The SMILES string of the molecule is COc1cccc(/C=C2\SC(=Nc3ccc(C)cc3)NC2=O)c1. The van der Waals surface area contributed by atoms with E-state index in [1.54, 1.807) is 7.11 Å². The quantitative estimate of drug-likeness (QED) is 0.871. The molecule has 0 saturated carbocycles. The molecule has 1 aliphatic heterocycles. The summed E-state index contributed by atoms with van der Waals surface area (Å²) < 4.78 is 5.20. The van der Waals surface area contributed by atoms with Crippen molar-refractivity contribution in [3.8, 4) is 5.75 Å². The van der Waals surface area contributed by atoms with Gasteiger partial charge in [-0.05, 0) is 54.6 Å². The first kappa shape index (κ1) is 15.4. The number of amidine groups is 1. The van der Waals surface area contributed by atoms with Crippen LogP contribution in [-0.4, -0.2) is 18.2 Å². The van der Waals surface area contributed by atoms with Crippen LogP contribution in [-0.2, 0) is 4.79 Å². The van der Waals surface area contributed by atoms with Crippen LogP contribution in [0.15, 0.2) is 58.4 Å². The third-order valence-electron chi connectivity index (χ3n) is 3.31. The van der Waals surface area contributed by atoms with Crippen LogP contribution in [0.1, 0.15) is 11.1 Å². The maximum absolute atomic E-state index is 12.1. The van der Waals surface area contributed by atoms with Crippen LogP contribution in [0.5, 0.6) is 5.75 Å². The summed E-state index contributed by atoms with van der Waals surface area (Å²) in [6.07, 6.45) is 1.83. The van der Waals surface area contributed by atoms with Crippen molar-refractivity contribution in [3.05, 3.63) is 64.6 Å². The van der Waals surface area contributed by atoms with Gasteiger partial charge >= 0.3 is 0 Å². The summed E-state index contributed by atoms with van der Waals surface area (Å²) in [5.41, 5.74) is 2.91. The monoisotopic (exact) mass is 324 g/mol. The zero-order valence-electron chi connectivity index (χ0n) is 12.9. The number of carbonyl (C=O) groups is 1. The van der Waals surface area contributed by atoms with Gasteiger partial charge in [-0.15, -0.1) is 0 Å². The van der Waals surface area contributed by atoms with Crippen molar-refractivity contribution in [1.82, 2.24) is 5.32 Å². The molecule has 1 N–H and O–H groups in total. The Morgan fingerprint density at radius 1 is 1.17 bits per heavy atom. The molecule has 0 radical (unpaired) electrons. The number of ether oxygens (including phenoxy) is 1. The van der Waals surface area contributed by atoms with E-state index in [9.17, 15) is 4.79 Å². The van der Waals surface area contributed by atoms with Crippen molar-refractivity contribution in [2.24, 2.45) is 4.99 Å². The van der Waals surface area contributed by atoms with Gasteiger partial charge in [-0.1, -0.05) is 29.8 Å². The molecule has 1 heterocycles. The molecule has 0 unspecified atom stereocenters. The molecule has 0 aromatic heterocycles. The van der Waals surface area contributed by atoms with E-state index in [1.165, 1.54) is 17.3 Å². The Morgan fingerprint density at radius 3 is 2.70 bits per heavy atom. The zero-order valence-corrected chi connectivity index (χ0v) is 13.7. The third kappa shape index (κ3) is 3.81. The molecule has 1 fully saturated rings. The molecule has 2 aromatic carbocycles. The number of aliphatic imine (C=N–C) groups is 1. The van der Waals surface area contributed by atoms with Gasteiger partial charge in [-0.25, -0.2) is 4.99 Å². The van der Waals surface area contributed by atoms with Gasteiger partial charge in [0.05, 0.1) is 17.7 Å². The van der Waals surface area contributed by atoms with Crippen molar-refractivity contribution in [1.29, 1.82) is 0 Å². The molecule has 5 heteroatoms.